The summed E-state index contributed by atoms with van der Waals surface area (Å²) in [4.78, 5) is 16.1. The smallest absolute Gasteiger partial charge is 0.411 e. The molecule has 21 heavy (non-hydrogen) atoms. The van der Waals surface area contributed by atoms with E-state index in [1.54, 1.807) is 6.20 Å². The number of aromatic nitrogens is 1. The van der Waals surface area contributed by atoms with Gasteiger partial charge >= 0.3 is 6.09 Å². The molecule has 0 bridgehead atoms. The Morgan fingerprint density at radius 1 is 1.24 bits per heavy atom. The molecule has 1 aromatic carbocycles. The Balaban J connectivity index is 1.55. The molecule has 1 aromatic heterocycles. The van der Waals surface area contributed by atoms with Crippen LogP contribution in [0.15, 0.2) is 36.5 Å². The third-order valence-corrected chi connectivity index (χ3v) is 4.03. The summed E-state index contributed by atoms with van der Waals surface area (Å²) < 4.78 is 5.33. The lowest BCUT2D eigenvalue weighted by Crippen LogP contribution is -2.20. The number of carbonyl (C=O) groups excluding carboxylic acids is 1. The van der Waals surface area contributed by atoms with Gasteiger partial charge in [-0.15, -0.1) is 0 Å². The number of nitrogens with zero attached hydrogens (tertiary/aromatic N) is 1. The Morgan fingerprint density at radius 3 is 2.95 bits per heavy atom. The van der Waals surface area contributed by atoms with Gasteiger partial charge in [-0.1, -0.05) is 31.4 Å². The van der Waals surface area contributed by atoms with Crippen molar-refractivity contribution in [2.24, 2.45) is 5.92 Å². The molecule has 1 aliphatic carbocycles. The Bertz CT molecular complexity index is 621. The molecule has 3 rings (SSSR count). The molecule has 0 aliphatic heterocycles. The van der Waals surface area contributed by atoms with Crippen LogP contribution in [0.25, 0.3) is 10.9 Å². The highest BCUT2D eigenvalue weighted by atomic mass is 16.5. The monoisotopic (exact) mass is 284 g/mol. The lowest BCUT2D eigenvalue weighted by molar-refractivity contribution is 0.128. The van der Waals surface area contributed by atoms with Crippen molar-refractivity contribution in [3.8, 4) is 0 Å². The second-order valence-electron chi connectivity index (χ2n) is 5.64. The van der Waals surface area contributed by atoms with E-state index < -0.39 is 0 Å². The van der Waals surface area contributed by atoms with Gasteiger partial charge in [-0.25, -0.2) is 4.79 Å². The van der Waals surface area contributed by atoms with Crippen LogP contribution in [-0.4, -0.2) is 17.7 Å². The van der Waals surface area contributed by atoms with Crippen molar-refractivity contribution >= 4 is 22.7 Å². The number of ether oxygens (including phenoxy) is 1. The van der Waals surface area contributed by atoms with E-state index in [0.29, 0.717) is 12.5 Å². The average molecular weight is 284 g/mol. The van der Waals surface area contributed by atoms with Gasteiger partial charge in [0, 0.05) is 17.3 Å². The molecular weight excluding hydrogens is 264 g/mol. The van der Waals surface area contributed by atoms with Gasteiger partial charge in [0.1, 0.15) is 0 Å². The number of amides is 1. The standard InChI is InChI=1S/C17H20N2O2/c20-17(21-12-13-5-2-1-3-6-13)19-15-9-8-14-7-4-10-18-16(14)11-15/h4,7-11,13H,1-3,5-6,12H2,(H,19,20). The number of rotatable bonds is 3. The summed E-state index contributed by atoms with van der Waals surface area (Å²) in [5.41, 5.74) is 1.58. The topological polar surface area (TPSA) is 51.2 Å². The minimum absolute atomic E-state index is 0.379. The molecule has 110 valence electrons. The number of anilines is 1. The summed E-state index contributed by atoms with van der Waals surface area (Å²) in [5, 5.41) is 3.83. The maximum atomic E-state index is 11.8. The van der Waals surface area contributed by atoms with Gasteiger partial charge in [0.25, 0.3) is 0 Å². The highest BCUT2D eigenvalue weighted by Gasteiger charge is 2.15. The fraction of sp³-hybridized carbons (Fsp3) is 0.412. The molecule has 1 saturated carbocycles. The lowest BCUT2D eigenvalue weighted by atomic mass is 9.90. The number of hydrogen-bond acceptors (Lipinski definition) is 3. The van der Waals surface area contributed by atoms with Crippen molar-refractivity contribution in [1.82, 2.24) is 4.98 Å². The van der Waals surface area contributed by atoms with Gasteiger partial charge in [0.15, 0.2) is 0 Å². The van der Waals surface area contributed by atoms with Crippen molar-refractivity contribution in [2.45, 2.75) is 32.1 Å². The van der Waals surface area contributed by atoms with Crippen LogP contribution in [0.2, 0.25) is 0 Å². The third-order valence-electron chi connectivity index (χ3n) is 4.03. The molecule has 1 fully saturated rings. The second-order valence-corrected chi connectivity index (χ2v) is 5.64. The van der Waals surface area contributed by atoms with Crippen molar-refractivity contribution in [3.05, 3.63) is 36.5 Å². The highest BCUT2D eigenvalue weighted by molar-refractivity contribution is 5.89. The molecule has 1 heterocycles. The predicted octanol–water partition coefficient (Wildman–Crippen LogP) is 4.36. The summed E-state index contributed by atoms with van der Waals surface area (Å²) >= 11 is 0. The predicted molar refractivity (Wildman–Crippen MR) is 83.3 cm³/mol. The van der Waals surface area contributed by atoms with Gasteiger partial charge in [-0.05, 0) is 37.0 Å². The van der Waals surface area contributed by atoms with E-state index in [0.717, 1.165) is 16.6 Å². The van der Waals surface area contributed by atoms with Gasteiger partial charge in [0.2, 0.25) is 0 Å². The van der Waals surface area contributed by atoms with E-state index in [9.17, 15) is 4.79 Å². The Morgan fingerprint density at radius 2 is 2.10 bits per heavy atom. The molecule has 0 radical (unpaired) electrons. The second kappa shape index (κ2) is 6.57. The molecule has 0 atom stereocenters. The first-order valence-electron chi connectivity index (χ1n) is 7.60. The molecule has 4 heteroatoms. The first-order chi connectivity index (χ1) is 10.3. The van der Waals surface area contributed by atoms with Crippen LogP contribution in [0.3, 0.4) is 0 Å². The minimum atomic E-state index is -0.379. The molecule has 1 N–H and O–H groups in total. The molecule has 0 unspecified atom stereocenters. The van der Waals surface area contributed by atoms with Crippen LogP contribution < -0.4 is 5.32 Å². The van der Waals surface area contributed by atoms with E-state index in [2.05, 4.69) is 10.3 Å². The van der Waals surface area contributed by atoms with Crippen molar-refractivity contribution in [1.29, 1.82) is 0 Å². The quantitative estimate of drug-likeness (QED) is 0.910. The molecule has 0 spiro atoms. The number of pyridine rings is 1. The zero-order valence-electron chi connectivity index (χ0n) is 12.0. The number of nitrogens with one attached hydrogen (secondary N) is 1. The first kappa shape index (κ1) is 13.9. The van der Waals surface area contributed by atoms with Gasteiger partial charge in [0.05, 0.1) is 12.1 Å². The average Bonchev–Trinajstić information content (AvgIpc) is 2.54. The van der Waals surface area contributed by atoms with Crippen LogP contribution in [0, 0.1) is 5.92 Å². The van der Waals surface area contributed by atoms with E-state index in [-0.39, 0.29) is 6.09 Å². The van der Waals surface area contributed by atoms with Crippen molar-refractivity contribution in [3.63, 3.8) is 0 Å². The SMILES string of the molecule is O=C(Nc1ccc2cccnc2c1)OCC1CCCCC1. The maximum Gasteiger partial charge on any atom is 0.411 e. The summed E-state index contributed by atoms with van der Waals surface area (Å²) in [5.74, 6) is 0.530. The van der Waals surface area contributed by atoms with Crippen LogP contribution >= 0.6 is 0 Å². The van der Waals surface area contributed by atoms with Crippen LogP contribution in [0.5, 0.6) is 0 Å². The van der Waals surface area contributed by atoms with E-state index in [1.165, 1.54) is 32.1 Å². The molecule has 1 amide bonds. The molecular formula is C17H20N2O2. The van der Waals surface area contributed by atoms with Gasteiger partial charge in [-0.2, -0.15) is 0 Å². The number of fused-ring (bicyclic) bond motifs is 1. The molecule has 0 saturated heterocycles. The normalized spacial score (nSPS) is 15.8. The van der Waals surface area contributed by atoms with Crippen molar-refractivity contribution in [2.75, 3.05) is 11.9 Å². The van der Waals surface area contributed by atoms with Gasteiger partial charge in [-0.3, -0.25) is 10.3 Å². The number of benzene rings is 1. The van der Waals surface area contributed by atoms with E-state index in [4.69, 9.17) is 4.74 Å². The van der Waals surface area contributed by atoms with Crippen LogP contribution in [-0.2, 0) is 4.74 Å². The summed E-state index contributed by atoms with van der Waals surface area (Å²) in [6.07, 6.45) is 7.54. The molecule has 1 aliphatic rings. The first-order valence-corrected chi connectivity index (χ1v) is 7.60. The molecule has 4 nitrogen and oxygen atoms in total. The van der Waals surface area contributed by atoms with Gasteiger partial charge < -0.3 is 4.74 Å². The lowest BCUT2D eigenvalue weighted by Gasteiger charge is -2.21. The summed E-state index contributed by atoms with van der Waals surface area (Å²) in [7, 11) is 0. The zero-order chi connectivity index (χ0) is 14.5. The Labute approximate surface area is 124 Å². The maximum absolute atomic E-state index is 11.8. The fourth-order valence-corrected chi connectivity index (χ4v) is 2.85. The minimum Gasteiger partial charge on any atom is -0.449 e. The summed E-state index contributed by atoms with van der Waals surface area (Å²) in [6.45, 7) is 0.525. The highest BCUT2D eigenvalue weighted by Crippen LogP contribution is 2.24. The summed E-state index contributed by atoms with van der Waals surface area (Å²) in [6, 6.07) is 9.56. The number of hydrogen-bond donors (Lipinski definition) is 1. The fourth-order valence-electron chi connectivity index (χ4n) is 2.85. The molecule has 2 aromatic rings. The Hall–Kier alpha value is -2.10. The zero-order valence-corrected chi connectivity index (χ0v) is 12.0. The Kier molecular flexibility index (Phi) is 4.34. The van der Waals surface area contributed by atoms with Crippen LogP contribution in [0.4, 0.5) is 10.5 Å². The third kappa shape index (κ3) is 3.72. The number of carbonyl (C=O) groups is 1. The van der Waals surface area contributed by atoms with E-state index >= 15 is 0 Å². The van der Waals surface area contributed by atoms with E-state index in [1.807, 2.05) is 30.3 Å². The largest absolute Gasteiger partial charge is 0.449 e. The van der Waals surface area contributed by atoms with Crippen LogP contribution in [0.1, 0.15) is 32.1 Å². The van der Waals surface area contributed by atoms with Crippen molar-refractivity contribution < 1.29 is 9.53 Å².